The lowest BCUT2D eigenvalue weighted by molar-refractivity contribution is 0.0728. The van der Waals surface area contributed by atoms with Gasteiger partial charge in [0, 0.05) is 0 Å². The van der Waals surface area contributed by atoms with Crippen molar-refractivity contribution in [1.29, 1.82) is 0 Å². The van der Waals surface area contributed by atoms with Crippen LogP contribution in [0.1, 0.15) is 37.9 Å². The fourth-order valence-corrected chi connectivity index (χ4v) is 2.48. The third kappa shape index (κ3) is 2.04. The van der Waals surface area contributed by atoms with Gasteiger partial charge in [-0.25, -0.2) is 0 Å². The average Bonchev–Trinajstić information content (AvgIpc) is 2.52. The van der Waals surface area contributed by atoms with Crippen LogP contribution in [0.4, 0.5) is 0 Å². The standard InChI is InChI=1S/C11H17ClN2O/c1-7-3-4-9(15)5-11(7)14-8(2)10(12)6-13-14/h6-7,9,11,15H,3-5H2,1-2H3. The second-order valence-corrected chi connectivity index (χ2v) is 4.94. The summed E-state index contributed by atoms with van der Waals surface area (Å²) in [7, 11) is 0. The normalized spacial score (nSPS) is 31.9. The minimum Gasteiger partial charge on any atom is -0.393 e. The number of halogens is 1. The van der Waals surface area contributed by atoms with Gasteiger partial charge in [0.1, 0.15) is 0 Å². The van der Waals surface area contributed by atoms with E-state index < -0.39 is 0 Å². The van der Waals surface area contributed by atoms with Crippen LogP contribution in [0.3, 0.4) is 0 Å². The topological polar surface area (TPSA) is 38.0 Å². The Kier molecular flexibility index (Phi) is 3.03. The molecular formula is C11H17ClN2O. The van der Waals surface area contributed by atoms with E-state index in [0.717, 1.165) is 25.0 Å². The Bertz CT molecular complexity index is 350. The van der Waals surface area contributed by atoms with E-state index in [1.807, 2.05) is 11.6 Å². The monoisotopic (exact) mass is 228 g/mol. The molecule has 2 rings (SSSR count). The molecule has 0 radical (unpaired) electrons. The Morgan fingerprint density at radius 2 is 2.27 bits per heavy atom. The van der Waals surface area contributed by atoms with E-state index >= 15 is 0 Å². The summed E-state index contributed by atoms with van der Waals surface area (Å²) in [6.07, 6.45) is 4.26. The van der Waals surface area contributed by atoms with Gasteiger partial charge >= 0.3 is 0 Å². The highest BCUT2D eigenvalue weighted by Crippen LogP contribution is 2.35. The van der Waals surface area contributed by atoms with Crippen molar-refractivity contribution in [3.63, 3.8) is 0 Å². The minimum absolute atomic E-state index is 0.187. The molecule has 15 heavy (non-hydrogen) atoms. The van der Waals surface area contributed by atoms with E-state index in [0.29, 0.717) is 17.0 Å². The van der Waals surface area contributed by atoms with Crippen LogP contribution in [0.15, 0.2) is 6.20 Å². The lowest BCUT2D eigenvalue weighted by Crippen LogP contribution is -2.29. The molecule has 1 aliphatic rings. The summed E-state index contributed by atoms with van der Waals surface area (Å²) in [6, 6.07) is 0.293. The first-order valence-corrected chi connectivity index (χ1v) is 5.85. The van der Waals surface area contributed by atoms with E-state index in [4.69, 9.17) is 11.6 Å². The Balaban J connectivity index is 2.25. The molecule has 0 aliphatic heterocycles. The van der Waals surface area contributed by atoms with E-state index in [1.54, 1.807) is 6.20 Å². The highest BCUT2D eigenvalue weighted by molar-refractivity contribution is 6.31. The number of hydrogen-bond donors (Lipinski definition) is 1. The third-order valence-electron chi connectivity index (χ3n) is 3.42. The van der Waals surface area contributed by atoms with Crippen LogP contribution in [-0.2, 0) is 0 Å². The van der Waals surface area contributed by atoms with Crippen LogP contribution in [0.2, 0.25) is 5.02 Å². The van der Waals surface area contributed by atoms with Gasteiger partial charge in [0.2, 0.25) is 0 Å². The maximum atomic E-state index is 9.68. The van der Waals surface area contributed by atoms with Gasteiger partial charge in [-0.1, -0.05) is 18.5 Å². The maximum absolute atomic E-state index is 9.68. The Labute approximate surface area is 95.0 Å². The molecule has 1 aromatic heterocycles. The molecule has 3 nitrogen and oxygen atoms in total. The smallest absolute Gasteiger partial charge is 0.0815 e. The molecule has 4 heteroatoms. The first-order valence-electron chi connectivity index (χ1n) is 5.47. The van der Waals surface area contributed by atoms with E-state index in [2.05, 4.69) is 12.0 Å². The van der Waals surface area contributed by atoms with Crippen LogP contribution in [0, 0.1) is 12.8 Å². The van der Waals surface area contributed by atoms with Crippen LogP contribution >= 0.6 is 11.6 Å². The average molecular weight is 229 g/mol. The summed E-state index contributed by atoms with van der Waals surface area (Å²) in [5, 5.41) is 14.7. The highest BCUT2D eigenvalue weighted by atomic mass is 35.5. The van der Waals surface area contributed by atoms with Gasteiger partial charge < -0.3 is 5.11 Å². The zero-order valence-electron chi connectivity index (χ0n) is 9.15. The van der Waals surface area contributed by atoms with Crippen molar-refractivity contribution in [1.82, 2.24) is 9.78 Å². The van der Waals surface area contributed by atoms with Gasteiger partial charge in [0.05, 0.1) is 29.1 Å². The molecule has 0 spiro atoms. The number of aliphatic hydroxyl groups is 1. The number of aromatic nitrogens is 2. The van der Waals surface area contributed by atoms with Crippen LogP contribution in [-0.4, -0.2) is 21.0 Å². The van der Waals surface area contributed by atoms with Crippen molar-refractivity contribution in [3.8, 4) is 0 Å². The molecule has 3 unspecified atom stereocenters. The molecule has 0 aromatic carbocycles. The molecule has 1 aromatic rings. The van der Waals surface area contributed by atoms with Crippen LogP contribution < -0.4 is 0 Å². The molecule has 1 saturated carbocycles. The first-order chi connectivity index (χ1) is 7.09. The van der Waals surface area contributed by atoms with E-state index in [9.17, 15) is 5.11 Å². The molecular weight excluding hydrogens is 212 g/mol. The van der Waals surface area contributed by atoms with Gasteiger partial charge in [-0.05, 0) is 32.1 Å². The van der Waals surface area contributed by atoms with Crippen LogP contribution in [0.25, 0.3) is 0 Å². The number of rotatable bonds is 1. The summed E-state index contributed by atoms with van der Waals surface area (Å²) in [5.41, 5.74) is 1.00. The second kappa shape index (κ2) is 4.14. The quantitative estimate of drug-likeness (QED) is 0.802. The first kappa shape index (κ1) is 11.0. The lowest BCUT2D eigenvalue weighted by Gasteiger charge is -2.32. The van der Waals surface area contributed by atoms with Gasteiger partial charge in [-0.15, -0.1) is 0 Å². The Morgan fingerprint density at radius 3 is 2.87 bits per heavy atom. The van der Waals surface area contributed by atoms with Gasteiger partial charge in [-0.3, -0.25) is 4.68 Å². The van der Waals surface area contributed by atoms with Crippen LogP contribution in [0.5, 0.6) is 0 Å². The second-order valence-electron chi connectivity index (χ2n) is 4.53. The summed E-state index contributed by atoms with van der Waals surface area (Å²) in [4.78, 5) is 0. The predicted molar refractivity (Wildman–Crippen MR) is 60.0 cm³/mol. The molecule has 84 valence electrons. The fraction of sp³-hybridized carbons (Fsp3) is 0.727. The number of nitrogens with zero attached hydrogens (tertiary/aromatic N) is 2. The SMILES string of the molecule is Cc1c(Cl)cnn1C1CC(O)CCC1C. The molecule has 1 N–H and O–H groups in total. The molecule has 3 atom stereocenters. The van der Waals surface area contributed by atoms with Crippen molar-refractivity contribution >= 4 is 11.6 Å². The summed E-state index contributed by atoms with van der Waals surface area (Å²) < 4.78 is 1.97. The summed E-state index contributed by atoms with van der Waals surface area (Å²) in [6.45, 7) is 4.19. The number of aliphatic hydroxyl groups excluding tert-OH is 1. The zero-order chi connectivity index (χ0) is 11.0. The predicted octanol–water partition coefficient (Wildman–Crippen LogP) is 2.57. The zero-order valence-corrected chi connectivity index (χ0v) is 9.91. The van der Waals surface area contributed by atoms with Crippen molar-refractivity contribution in [2.24, 2.45) is 5.92 Å². The lowest BCUT2D eigenvalue weighted by atomic mass is 9.84. The van der Waals surface area contributed by atoms with Gasteiger partial charge in [0.15, 0.2) is 0 Å². The summed E-state index contributed by atoms with van der Waals surface area (Å²) >= 11 is 5.99. The van der Waals surface area contributed by atoms with Gasteiger partial charge in [-0.2, -0.15) is 5.10 Å². The maximum Gasteiger partial charge on any atom is 0.0815 e. The minimum atomic E-state index is -0.187. The molecule has 1 fully saturated rings. The van der Waals surface area contributed by atoms with Crippen molar-refractivity contribution in [3.05, 3.63) is 16.9 Å². The van der Waals surface area contributed by atoms with Crippen molar-refractivity contribution in [2.75, 3.05) is 0 Å². The molecule has 0 saturated heterocycles. The molecule has 1 heterocycles. The number of hydrogen-bond acceptors (Lipinski definition) is 2. The fourth-order valence-electron chi connectivity index (χ4n) is 2.35. The largest absolute Gasteiger partial charge is 0.393 e. The Hall–Kier alpha value is -0.540. The van der Waals surface area contributed by atoms with E-state index in [1.165, 1.54) is 0 Å². The van der Waals surface area contributed by atoms with E-state index in [-0.39, 0.29) is 6.10 Å². The molecule has 1 aliphatic carbocycles. The third-order valence-corrected chi connectivity index (χ3v) is 3.80. The Morgan fingerprint density at radius 1 is 1.53 bits per heavy atom. The van der Waals surface area contributed by atoms with Crippen molar-refractivity contribution < 1.29 is 5.11 Å². The highest BCUT2D eigenvalue weighted by Gasteiger charge is 2.29. The molecule has 0 bridgehead atoms. The van der Waals surface area contributed by atoms with Gasteiger partial charge in [0.25, 0.3) is 0 Å². The molecule has 0 amide bonds. The summed E-state index contributed by atoms with van der Waals surface area (Å²) in [5.74, 6) is 0.558. The van der Waals surface area contributed by atoms with Crippen molar-refractivity contribution in [2.45, 2.75) is 45.3 Å².